The quantitative estimate of drug-likeness (QED) is 0.537. The topological polar surface area (TPSA) is 40.5 Å². The summed E-state index contributed by atoms with van der Waals surface area (Å²) in [6, 6.07) is 11.0. The number of aliphatic carboxylic acids is 1. The van der Waals surface area contributed by atoms with Crippen LogP contribution in [0.2, 0.25) is 0 Å². The summed E-state index contributed by atoms with van der Waals surface area (Å²) >= 11 is 0. The Kier molecular flexibility index (Phi) is 7.42. The van der Waals surface area contributed by atoms with E-state index in [1.165, 1.54) is 12.1 Å². The fraction of sp³-hybridized carbons (Fsp3) is 0.480. The number of alkyl halides is 3. The van der Waals surface area contributed by atoms with Crippen molar-refractivity contribution >= 4 is 5.97 Å². The first-order valence-electron chi connectivity index (χ1n) is 10.9. The maximum absolute atomic E-state index is 12.9. The molecule has 2 aromatic rings. The van der Waals surface area contributed by atoms with Gasteiger partial charge >= 0.3 is 12.1 Å². The standard InChI is InChI=1S/C25H30F3NO2/c1-17(2)10-12-29-11-4-3-5-23(29)21-14-18(15-24(30)31)13-20(16-21)19-6-8-22(9-7-19)25(26,27)28/h6-9,13-14,16-17,23H,3-5,10-12,15H2,1-2H3,(H,30,31)/t23-/m1/s1. The van der Waals surface area contributed by atoms with Gasteiger partial charge in [-0.3, -0.25) is 9.69 Å². The molecule has 0 amide bonds. The molecule has 1 aliphatic heterocycles. The summed E-state index contributed by atoms with van der Waals surface area (Å²) in [5.74, 6) is -0.320. The molecule has 0 unspecified atom stereocenters. The Hall–Kier alpha value is -2.34. The van der Waals surface area contributed by atoms with Crippen LogP contribution < -0.4 is 0 Å². The second kappa shape index (κ2) is 9.86. The summed E-state index contributed by atoms with van der Waals surface area (Å²) in [6.45, 7) is 6.40. The predicted octanol–water partition coefficient (Wildman–Crippen LogP) is 6.57. The van der Waals surface area contributed by atoms with Gasteiger partial charge < -0.3 is 5.11 Å². The third-order valence-corrected chi connectivity index (χ3v) is 5.91. The zero-order valence-electron chi connectivity index (χ0n) is 18.1. The number of benzene rings is 2. The molecule has 1 atom stereocenters. The zero-order valence-corrected chi connectivity index (χ0v) is 18.1. The molecular formula is C25H30F3NO2. The van der Waals surface area contributed by atoms with Crippen LogP contribution in [0.25, 0.3) is 11.1 Å². The van der Waals surface area contributed by atoms with Gasteiger partial charge in [0.1, 0.15) is 0 Å². The van der Waals surface area contributed by atoms with E-state index in [2.05, 4.69) is 18.7 Å². The number of piperidine rings is 1. The molecule has 0 aliphatic carbocycles. The SMILES string of the molecule is CC(C)CCN1CCCC[C@@H]1c1cc(CC(=O)O)cc(-c2ccc(C(F)(F)F)cc2)c1. The summed E-state index contributed by atoms with van der Waals surface area (Å²) in [5.41, 5.74) is 2.46. The van der Waals surface area contributed by atoms with Crippen molar-refractivity contribution in [2.75, 3.05) is 13.1 Å². The highest BCUT2D eigenvalue weighted by molar-refractivity contribution is 5.73. The molecule has 1 N–H and O–H groups in total. The van der Waals surface area contributed by atoms with Gasteiger partial charge in [0, 0.05) is 6.04 Å². The van der Waals surface area contributed by atoms with Gasteiger partial charge in [0.15, 0.2) is 0 Å². The summed E-state index contributed by atoms with van der Waals surface area (Å²) < 4.78 is 38.8. The highest BCUT2D eigenvalue weighted by Crippen LogP contribution is 2.36. The molecule has 0 bridgehead atoms. The van der Waals surface area contributed by atoms with Crippen LogP contribution in [-0.2, 0) is 17.4 Å². The normalized spacial score (nSPS) is 17.8. The molecule has 3 nitrogen and oxygen atoms in total. The van der Waals surface area contributed by atoms with E-state index in [1.54, 1.807) is 6.07 Å². The van der Waals surface area contributed by atoms with Crippen molar-refractivity contribution < 1.29 is 23.1 Å². The van der Waals surface area contributed by atoms with Crippen LogP contribution in [0.15, 0.2) is 42.5 Å². The number of hydrogen-bond acceptors (Lipinski definition) is 2. The molecule has 0 radical (unpaired) electrons. The minimum atomic E-state index is -4.38. The predicted molar refractivity (Wildman–Crippen MR) is 116 cm³/mol. The smallest absolute Gasteiger partial charge is 0.416 e. The van der Waals surface area contributed by atoms with Crippen molar-refractivity contribution in [2.24, 2.45) is 5.92 Å². The Morgan fingerprint density at radius 1 is 1.10 bits per heavy atom. The van der Waals surface area contributed by atoms with Gasteiger partial charge in [0.2, 0.25) is 0 Å². The molecule has 0 saturated carbocycles. The summed E-state index contributed by atoms with van der Waals surface area (Å²) in [6.07, 6.45) is -0.136. The number of carboxylic acid groups (broad SMARTS) is 1. The Morgan fingerprint density at radius 3 is 2.42 bits per heavy atom. The van der Waals surface area contributed by atoms with E-state index in [9.17, 15) is 23.1 Å². The van der Waals surface area contributed by atoms with Gasteiger partial charge in [0.25, 0.3) is 0 Å². The largest absolute Gasteiger partial charge is 0.481 e. The maximum atomic E-state index is 12.9. The number of carboxylic acids is 1. The van der Waals surface area contributed by atoms with Gasteiger partial charge in [-0.15, -0.1) is 0 Å². The molecule has 2 aromatic carbocycles. The fourth-order valence-electron chi connectivity index (χ4n) is 4.27. The van der Waals surface area contributed by atoms with Crippen molar-refractivity contribution in [3.05, 3.63) is 59.2 Å². The van der Waals surface area contributed by atoms with E-state index in [-0.39, 0.29) is 12.5 Å². The van der Waals surface area contributed by atoms with Crippen LogP contribution in [0.5, 0.6) is 0 Å². The molecule has 3 rings (SSSR count). The maximum Gasteiger partial charge on any atom is 0.416 e. The number of halogens is 3. The van der Waals surface area contributed by atoms with Gasteiger partial charge in [-0.2, -0.15) is 13.2 Å². The van der Waals surface area contributed by atoms with Gasteiger partial charge in [-0.05, 0) is 78.7 Å². The summed E-state index contributed by atoms with van der Waals surface area (Å²) in [5, 5.41) is 9.32. The first-order valence-corrected chi connectivity index (χ1v) is 10.9. The van der Waals surface area contributed by atoms with Crippen molar-refractivity contribution in [2.45, 2.75) is 58.2 Å². The molecule has 6 heteroatoms. The fourth-order valence-corrected chi connectivity index (χ4v) is 4.27. The van der Waals surface area contributed by atoms with Crippen LogP contribution in [0, 0.1) is 5.92 Å². The van der Waals surface area contributed by atoms with Crippen LogP contribution in [-0.4, -0.2) is 29.1 Å². The van der Waals surface area contributed by atoms with Crippen molar-refractivity contribution in [1.82, 2.24) is 4.90 Å². The second-order valence-electron chi connectivity index (χ2n) is 8.84. The molecule has 168 valence electrons. The zero-order chi connectivity index (χ0) is 22.6. The Labute approximate surface area is 181 Å². The van der Waals surface area contributed by atoms with Crippen molar-refractivity contribution in [3.63, 3.8) is 0 Å². The van der Waals surface area contributed by atoms with E-state index in [0.29, 0.717) is 17.0 Å². The number of likely N-dealkylation sites (tertiary alicyclic amines) is 1. The van der Waals surface area contributed by atoms with Crippen LogP contribution in [0.4, 0.5) is 13.2 Å². The number of hydrogen-bond donors (Lipinski definition) is 1. The number of carbonyl (C=O) groups is 1. The van der Waals surface area contributed by atoms with Gasteiger partial charge in [-0.25, -0.2) is 0 Å². The average Bonchev–Trinajstić information content (AvgIpc) is 2.71. The molecular weight excluding hydrogens is 403 g/mol. The number of rotatable bonds is 7. The van der Waals surface area contributed by atoms with E-state index in [1.807, 2.05) is 12.1 Å². The Morgan fingerprint density at radius 2 is 1.81 bits per heavy atom. The van der Waals surface area contributed by atoms with Crippen LogP contribution in [0.3, 0.4) is 0 Å². The lowest BCUT2D eigenvalue weighted by molar-refractivity contribution is -0.138. The van der Waals surface area contributed by atoms with Crippen LogP contribution in [0.1, 0.15) is 62.3 Å². The van der Waals surface area contributed by atoms with E-state index >= 15 is 0 Å². The minimum absolute atomic E-state index is 0.111. The molecule has 1 saturated heterocycles. The first-order chi connectivity index (χ1) is 14.6. The highest BCUT2D eigenvalue weighted by Gasteiger charge is 2.30. The third-order valence-electron chi connectivity index (χ3n) is 5.91. The van der Waals surface area contributed by atoms with E-state index in [4.69, 9.17) is 0 Å². The number of nitrogens with zero attached hydrogens (tertiary/aromatic N) is 1. The van der Waals surface area contributed by atoms with E-state index < -0.39 is 17.7 Å². The third kappa shape index (κ3) is 6.33. The molecule has 0 aromatic heterocycles. The molecule has 0 spiro atoms. The highest BCUT2D eigenvalue weighted by atomic mass is 19.4. The van der Waals surface area contributed by atoms with E-state index in [0.717, 1.165) is 62.0 Å². The minimum Gasteiger partial charge on any atom is -0.481 e. The Bertz CT molecular complexity index is 891. The van der Waals surface area contributed by atoms with Gasteiger partial charge in [0.05, 0.1) is 12.0 Å². The Balaban J connectivity index is 1.97. The summed E-state index contributed by atoms with van der Waals surface area (Å²) in [4.78, 5) is 13.8. The lowest BCUT2D eigenvalue weighted by Crippen LogP contribution is -2.34. The monoisotopic (exact) mass is 433 g/mol. The molecule has 1 heterocycles. The molecule has 31 heavy (non-hydrogen) atoms. The lowest BCUT2D eigenvalue weighted by Gasteiger charge is -2.37. The first kappa shape index (κ1) is 23.3. The van der Waals surface area contributed by atoms with Gasteiger partial charge in [-0.1, -0.05) is 44.5 Å². The molecule has 1 aliphatic rings. The molecule has 1 fully saturated rings. The van der Waals surface area contributed by atoms with Crippen molar-refractivity contribution in [3.8, 4) is 11.1 Å². The van der Waals surface area contributed by atoms with Crippen LogP contribution >= 0.6 is 0 Å². The van der Waals surface area contributed by atoms with Crippen molar-refractivity contribution in [1.29, 1.82) is 0 Å². The average molecular weight is 434 g/mol. The second-order valence-corrected chi connectivity index (χ2v) is 8.84. The lowest BCUT2D eigenvalue weighted by atomic mass is 9.90. The summed E-state index contributed by atoms with van der Waals surface area (Å²) in [7, 11) is 0.